The second-order valence-electron chi connectivity index (χ2n) is 6.18. The van der Waals surface area contributed by atoms with Crippen molar-refractivity contribution < 1.29 is 9.53 Å². The number of ether oxygens (including phenoxy) is 1. The first-order chi connectivity index (χ1) is 13.5. The smallest absolute Gasteiger partial charge is 0.257 e. The molecule has 0 aromatic heterocycles. The van der Waals surface area contributed by atoms with E-state index in [1.807, 2.05) is 43.3 Å². The average Bonchev–Trinajstić information content (AvgIpc) is 2.67. The van der Waals surface area contributed by atoms with Crippen LogP contribution in [-0.4, -0.2) is 11.0 Å². The maximum absolute atomic E-state index is 12.7. The summed E-state index contributed by atoms with van der Waals surface area (Å²) >= 11 is 11.1. The molecule has 0 aliphatic rings. The third kappa shape index (κ3) is 5.55. The molecule has 0 fully saturated rings. The number of carbonyl (C=O) groups excluding carboxylic acids is 1. The number of nitrogens with one attached hydrogen (secondary N) is 2. The second-order valence-corrected chi connectivity index (χ2v) is 7.02. The minimum atomic E-state index is -0.291. The SMILES string of the molecule is Cc1cccc(NC(=S)NC(=O)c2ccccc2COc2ccc(Cl)cc2)c1. The summed E-state index contributed by atoms with van der Waals surface area (Å²) in [6, 6.07) is 22.1. The van der Waals surface area contributed by atoms with Crippen LogP contribution in [0.5, 0.6) is 5.75 Å². The number of amides is 1. The molecule has 2 N–H and O–H groups in total. The van der Waals surface area contributed by atoms with E-state index >= 15 is 0 Å². The maximum atomic E-state index is 12.7. The molecule has 0 bridgehead atoms. The van der Waals surface area contributed by atoms with Crippen LogP contribution in [0.15, 0.2) is 72.8 Å². The van der Waals surface area contributed by atoms with Gasteiger partial charge in [-0.3, -0.25) is 10.1 Å². The second kappa shape index (κ2) is 9.35. The molecule has 3 rings (SSSR count). The highest BCUT2D eigenvalue weighted by Crippen LogP contribution is 2.18. The van der Waals surface area contributed by atoms with Crippen LogP contribution in [0.4, 0.5) is 5.69 Å². The molecule has 0 spiro atoms. The highest BCUT2D eigenvalue weighted by atomic mass is 35.5. The molecule has 0 radical (unpaired) electrons. The van der Waals surface area contributed by atoms with Crippen LogP contribution in [0.3, 0.4) is 0 Å². The average molecular weight is 411 g/mol. The van der Waals surface area contributed by atoms with E-state index in [-0.39, 0.29) is 17.6 Å². The standard InChI is InChI=1S/C22H19ClN2O2S/c1-15-5-4-7-18(13-15)24-22(28)25-21(26)20-8-3-2-6-16(20)14-27-19-11-9-17(23)10-12-19/h2-13H,14H2,1H3,(H2,24,25,26,28). The van der Waals surface area contributed by atoms with E-state index in [0.717, 1.165) is 16.8 Å². The molecule has 0 heterocycles. The first-order valence-electron chi connectivity index (χ1n) is 8.66. The third-order valence-electron chi connectivity index (χ3n) is 3.97. The van der Waals surface area contributed by atoms with Gasteiger partial charge in [0.2, 0.25) is 0 Å². The number of thiocarbonyl (C=S) groups is 1. The molecule has 6 heteroatoms. The van der Waals surface area contributed by atoms with Gasteiger partial charge in [-0.05, 0) is 67.2 Å². The van der Waals surface area contributed by atoms with E-state index in [2.05, 4.69) is 10.6 Å². The molecule has 0 saturated carbocycles. The quantitative estimate of drug-likeness (QED) is 0.556. The summed E-state index contributed by atoms with van der Waals surface area (Å²) in [7, 11) is 0. The Morgan fingerprint density at radius 2 is 1.79 bits per heavy atom. The molecule has 0 atom stereocenters. The van der Waals surface area contributed by atoms with Crippen molar-refractivity contribution in [2.75, 3.05) is 5.32 Å². The summed E-state index contributed by atoms with van der Waals surface area (Å²) in [6.45, 7) is 2.24. The van der Waals surface area contributed by atoms with Crippen LogP contribution in [0.1, 0.15) is 21.5 Å². The minimum Gasteiger partial charge on any atom is -0.489 e. The normalized spacial score (nSPS) is 10.2. The number of aryl methyl sites for hydroxylation is 1. The van der Waals surface area contributed by atoms with Gasteiger partial charge in [0.15, 0.2) is 5.11 Å². The van der Waals surface area contributed by atoms with Crippen molar-refractivity contribution >= 4 is 40.5 Å². The number of rotatable bonds is 5. The zero-order valence-electron chi connectivity index (χ0n) is 15.2. The van der Waals surface area contributed by atoms with E-state index in [4.69, 9.17) is 28.6 Å². The topological polar surface area (TPSA) is 50.4 Å². The number of hydrogen-bond donors (Lipinski definition) is 2. The highest BCUT2D eigenvalue weighted by molar-refractivity contribution is 7.80. The molecule has 0 aliphatic carbocycles. The summed E-state index contributed by atoms with van der Waals surface area (Å²) in [5, 5.41) is 6.62. The molecule has 142 valence electrons. The monoisotopic (exact) mass is 410 g/mol. The Balaban J connectivity index is 1.64. The van der Waals surface area contributed by atoms with E-state index in [9.17, 15) is 4.79 Å². The maximum Gasteiger partial charge on any atom is 0.257 e. The number of carbonyl (C=O) groups is 1. The van der Waals surface area contributed by atoms with Gasteiger partial charge in [-0.25, -0.2) is 0 Å². The van der Waals surface area contributed by atoms with Gasteiger partial charge in [0.1, 0.15) is 12.4 Å². The lowest BCUT2D eigenvalue weighted by molar-refractivity contribution is 0.0975. The van der Waals surface area contributed by atoms with E-state index in [0.29, 0.717) is 16.3 Å². The number of benzene rings is 3. The van der Waals surface area contributed by atoms with Gasteiger partial charge in [-0.2, -0.15) is 0 Å². The first kappa shape index (κ1) is 19.9. The Hall–Kier alpha value is -2.89. The fourth-order valence-electron chi connectivity index (χ4n) is 2.62. The van der Waals surface area contributed by atoms with Crippen molar-refractivity contribution in [3.63, 3.8) is 0 Å². The molecule has 0 aliphatic heterocycles. The Morgan fingerprint density at radius 3 is 2.54 bits per heavy atom. The van der Waals surface area contributed by atoms with Crippen molar-refractivity contribution in [3.8, 4) is 5.75 Å². The Morgan fingerprint density at radius 1 is 1.04 bits per heavy atom. The molecular weight excluding hydrogens is 392 g/mol. The van der Waals surface area contributed by atoms with Crippen LogP contribution in [0.2, 0.25) is 5.02 Å². The summed E-state index contributed by atoms with van der Waals surface area (Å²) in [5.41, 5.74) is 3.19. The molecule has 3 aromatic rings. The van der Waals surface area contributed by atoms with Crippen LogP contribution < -0.4 is 15.4 Å². The third-order valence-corrected chi connectivity index (χ3v) is 4.43. The summed E-state index contributed by atoms with van der Waals surface area (Å²) in [4.78, 5) is 12.7. The van der Waals surface area contributed by atoms with Crippen LogP contribution >= 0.6 is 23.8 Å². The van der Waals surface area contributed by atoms with Crippen molar-refractivity contribution in [1.29, 1.82) is 0 Å². The highest BCUT2D eigenvalue weighted by Gasteiger charge is 2.13. The van der Waals surface area contributed by atoms with Crippen LogP contribution in [0, 0.1) is 6.92 Å². The molecule has 4 nitrogen and oxygen atoms in total. The van der Waals surface area contributed by atoms with Crippen molar-refractivity contribution in [1.82, 2.24) is 5.32 Å². The van der Waals surface area contributed by atoms with Crippen molar-refractivity contribution in [2.24, 2.45) is 0 Å². The van der Waals surface area contributed by atoms with E-state index < -0.39 is 0 Å². The van der Waals surface area contributed by atoms with Gasteiger partial charge >= 0.3 is 0 Å². The summed E-state index contributed by atoms with van der Waals surface area (Å²) in [6.07, 6.45) is 0. The lowest BCUT2D eigenvalue weighted by Crippen LogP contribution is -2.34. The molecular formula is C22H19ClN2O2S. The van der Waals surface area contributed by atoms with Gasteiger partial charge in [0.05, 0.1) is 0 Å². The van der Waals surface area contributed by atoms with Gasteiger partial charge in [0, 0.05) is 21.8 Å². The molecule has 28 heavy (non-hydrogen) atoms. The van der Waals surface area contributed by atoms with Crippen LogP contribution in [-0.2, 0) is 6.61 Å². The predicted molar refractivity (Wildman–Crippen MR) is 117 cm³/mol. The number of hydrogen-bond acceptors (Lipinski definition) is 3. The molecule has 1 amide bonds. The zero-order valence-corrected chi connectivity index (χ0v) is 16.8. The fraction of sp³-hybridized carbons (Fsp3) is 0.0909. The summed E-state index contributed by atoms with van der Waals surface area (Å²) in [5.74, 6) is 0.386. The van der Waals surface area contributed by atoms with Gasteiger partial charge in [-0.15, -0.1) is 0 Å². The van der Waals surface area contributed by atoms with Gasteiger partial charge in [0.25, 0.3) is 5.91 Å². The lowest BCUT2D eigenvalue weighted by Gasteiger charge is -2.13. The van der Waals surface area contributed by atoms with E-state index in [1.165, 1.54) is 0 Å². The predicted octanol–water partition coefficient (Wildman–Crippen LogP) is 5.35. The van der Waals surface area contributed by atoms with Crippen LogP contribution in [0.25, 0.3) is 0 Å². The zero-order chi connectivity index (χ0) is 19.9. The largest absolute Gasteiger partial charge is 0.489 e. The summed E-state index contributed by atoms with van der Waals surface area (Å²) < 4.78 is 5.76. The fourth-order valence-corrected chi connectivity index (χ4v) is 2.95. The molecule has 0 saturated heterocycles. The number of anilines is 1. The van der Waals surface area contributed by atoms with Crippen molar-refractivity contribution in [3.05, 3.63) is 94.5 Å². The van der Waals surface area contributed by atoms with Gasteiger partial charge in [-0.1, -0.05) is 41.9 Å². The lowest BCUT2D eigenvalue weighted by atomic mass is 10.1. The van der Waals surface area contributed by atoms with Gasteiger partial charge < -0.3 is 10.1 Å². The minimum absolute atomic E-state index is 0.240. The Labute approximate surface area is 174 Å². The van der Waals surface area contributed by atoms with E-state index in [1.54, 1.807) is 36.4 Å². The first-order valence-corrected chi connectivity index (χ1v) is 9.45. The molecule has 0 unspecified atom stereocenters. The molecule has 3 aromatic carbocycles. The van der Waals surface area contributed by atoms with Crippen molar-refractivity contribution in [2.45, 2.75) is 13.5 Å². The Kier molecular flexibility index (Phi) is 6.63. The Bertz CT molecular complexity index is 990. The number of halogens is 1.